The summed E-state index contributed by atoms with van der Waals surface area (Å²) in [5.41, 5.74) is 0.712. The second-order valence-electron chi connectivity index (χ2n) is 4.01. The van der Waals surface area contributed by atoms with Crippen LogP contribution >= 0.6 is 11.6 Å². The minimum atomic E-state index is -1.13. The number of carbonyl (C=O) groups is 1. The van der Waals surface area contributed by atoms with E-state index < -0.39 is 5.97 Å². The van der Waals surface area contributed by atoms with Gasteiger partial charge < -0.3 is 15.5 Å². The minimum absolute atomic E-state index is 0.0277. The number of phenolic OH excluding ortho intramolecular Hbond substituents is 1. The molecule has 0 aliphatic carbocycles. The number of carboxylic acid groups (broad SMARTS) is 1. The SMILES string of the molecule is O=C(O)c1cnc(Cl)nc1NCCc1ccccc1O. The Labute approximate surface area is 120 Å². The molecule has 0 unspecified atom stereocenters. The Bertz CT molecular complexity index is 634. The average molecular weight is 294 g/mol. The molecule has 1 aromatic heterocycles. The van der Waals surface area contributed by atoms with Gasteiger partial charge in [-0.2, -0.15) is 4.98 Å². The summed E-state index contributed by atoms with van der Waals surface area (Å²) in [7, 11) is 0. The quantitative estimate of drug-likeness (QED) is 0.731. The maximum absolute atomic E-state index is 11.0. The van der Waals surface area contributed by atoms with Gasteiger partial charge in [0.15, 0.2) is 0 Å². The molecule has 0 saturated heterocycles. The van der Waals surface area contributed by atoms with Gasteiger partial charge >= 0.3 is 5.97 Å². The highest BCUT2D eigenvalue weighted by molar-refractivity contribution is 6.28. The van der Waals surface area contributed by atoms with Gasteiger partial charge in [-0.05, 0) is 29.7 Å². The highest BCUT2D eigenvalue weighted by atomic mass is 35.5. The van der Waals surface area contributed by atoms with Crippen molar-refractivity contribution in [3.63, 3.8) is 0 Å². The summed E-state index contributed by atoms with van der Waals surface area (Å²) < 4.78 is 0. The van der Waals surface area contributed by atoms with E-state index in [1.165, 1.54) is 0 Å². The fraction of sp³-hybridized carbons (Fsp3) is 0.154. The number of para-hydroxylation sites is 1. The van der Waals surface area contributed by atoms with E-state index in [1.54, 1.807) is 18.2 Å². The molecule has 1 heterocycles. The molecule has 0 fully saturated rings. The third-order valence-corrected chi connectivity index (χ3v) is 2.85. The first-order valence-electron chi connectivity index (χ1n) is 5.84. The van der Waals surface area contributed by atoms with Crippen LogP contribution in [0.4, 0.5) is 5.82 Å². The molecule has 104 valence electrons. The van der Waals surface area contributed by atoms with Crippen LogP contribution in [0.25, 0.3) is 0 Å². The van der Waals surface area contributed by atoms with Crippen molar-refractivity contribution < 1.29 is 15.0 Å². The van der Waals surface area contributed by atoms with Gasteiger partial charge in [0.05, 0.1) is 0 Å². The smallest absolute Gasteiger partial charge is 0.341 e. The van der Waals surface area contributed by atoms with Crippen LogP contribution in [0.2, 0.25) is 5.28 Å². The van der Waals surface area contributed by atoms with E-state index >= 15 is 0 Å². The summed E-state index contributed by atoms with van der Waals surface area (Å²) in [6, 6.07) is 6.94. The third-order valence-electron chi connectivity index (χ3n) is 2.67. The molecule has 3 N–H and O–H groups in total. The van der Waals surface area contributed by atoms with Gasteiger partial charge in [0, 0.05) is 12.7 Å². The molecular formula is C13H12ClN3O3. The third kappa shape index (κ3) is 3.36. The number of aromatic hydroxyl groups is 1. The normalized spacial score (nSPS) is 10.2. The lowest BCUT2D eigenvalue weighted by molar-refractivity contribution is 0.0697. The van der Waals surface area contributed by atoms with Gasteiger partial charge in [-0.25, -0.2) is 9.78 Å². The van der Waals surface area contributed by atoms with E-state index in [4.69, 9.17) is 16.7 Å². The van der Waals surface area contributed by atoms with Gasteiger partial charge in [-0.15, -0.1) is 0 Å². The number of carboxylic acids is 1. The van der Waals surface area contributed by atoms with E-state index in [0.717, 1.165) is 11.8 Å². The summed E-state index contributed by atoms with van der Waals surface area (Å²) in [6.45, 7) is 0.408. The van der Waals surface area contributed by atoms with Gasteiger partial charge in [-0.1, -0.05) is 18.2 Å². The standard InChI is InChI=1S/C13H12ClN3O3/c14-13-16-7-9(12(19)20)11(17-13)15-6-5-8-3-1-2-4-10(8)18/h1-4,7,18H,5-6H2,(H,19,20)(H,15,16,17). The molecule has 1 aromatic carbocycles. The zero-order valence-electron chi connectivity index (χ0n) is 10.4. The predicted octanol–water partition coefficient (Wildman–Crippen LogP) is 2.19. The number of hydrogen-bond donors (Lipinski definition) is 3. The Morgan fingerprint density at radius 2 is 2.10 bits per heavy atom. The van der Waals surface area contributed by atoms with E-state index in [0.29, 0.717) is 13.0 Å². The molecule has 0 aliphatic rings. The summed E-state index contributed by atoms with van der Waals surface area (Å²) in [5.74, 6) is -0.770. The summed E-state index contributed by atoms with van der Waals surface area (Å²) in [6.07, 6.45) is 1.67. The number of rotatable bonds is 5. The first-order chi connectivity index (χ1) is 9.58. The van der Waals surface area contributed by atoms with Crippen LogP contribution in [-0.2, 0) is 6.42 Å². The van der Waals surface area contributed by atoms with E-state index in [2.05, 4.69) is 15.3 Å². The molecule has 0 saturated carbocycles. The second-order valence-corrected chi connectivity index (χ2v) is 4.35. The van der Waals surface area contributed by atoms with Crippen LogP contribution in [0, 0.1) is 0 Å². The van der Waals surface area contributed by atoms with Gasteiger partial charge in [0.2, 0.25) is 5.28 Å². The van der Waals surface area contributed by atoms with E-state index in [9.17, 15) is 9.90 Å². The van der Waals surface area contributed by atoms with Crippen molar-refractivity contribution in [2.75, 3.05) is 11.9 Å². The molecule has 0 spiro atoms. The van der Waals surface area contributed by atoms with Crippen LogP contribution in [0.3, 0.4) is 0 Å². The Balaban J connectivity index is 2.06. The van der Waals surface area contributed by atoms with Gasteiger partial charge in [0.1, 0.15) is 17.1 Å². The topological polar surface area (TPSA) is 95.3 Å². The molecule has 7 heteroatoms. The largest absolute Gasteiger partial charge is 0.508 e. The number of halogens is 1. The van der Waals surface area contributed by atoms with E-state index in [-0.39, 0.29) is 22.4 Å². The minimum Gasteiger partial charge on any atom is -0.508 e. The molecule has 0 aliphatic heterocycles. The average Bonchev–Trinajstić information content (AvgIpc) is 2.41. The Hall–Kier alpha value is -2.34. The highest BCUT2D eigenvalue weighted by Gasteiger charge is 2.12. The predicted molar refractivity (Wildman–Crippen MR) is 74.3 cm³/mol. The maximum atomic E-state index is 11.0. The maximum Gasteiger partial charge on any atom is 0.341 e. The van der Waals surface area contributed by atoms with Crippen molar-refractivity contribution in [2.45, 2.75) is 6.42 Å². The van der Waals surface area contributed by atoms with Crippen molar-refractivity contribution in [3.05, 3.63) is 46.9 Å². The lowest BCUT2D eigenvalue weighted by atomic mass is 10.1. The number of phenols is 1. The molecule has 0 radical (unpaired) electrons. The zero-order chi connectivity index (χ0) is 14.5. The molecule has 20 heavy (non-hydrogen) atoms. The summed E-state index contributed by atoms with van der Waals surface area (Å²) >= 11 is 5.65. The molecule has 2 rings (SSSR count). The molecule has 6 nitrogen and oxygen atoms in total. The van der Waals surface area contributed by atoms with Gasteiger partial charge in [-0.3, -0.25) is 0 Å². The highest BCUT2D eigenvalue weighted by Crippen LogP contribution is 2.17. The van der Waals surface area contributed by atoms with Crippen molar-refractivity contribution in [1.29, 1.82) is 0 Å². The number of hydrogen-bond acceptors (Lipinski definition) is 5. The van der Waals surface area contributed by atoms with Crippen molar-refractivity contribution in [3.8, 4) is 5.75 Å². The Morgan fingerprint density at radius 3 is 2.80 bits per heavy atom. The van der Waals surface area contributed by atoms with Crippen LogP contribution in [0.5, 0.6) is 5.75 Å². The van der Waals surface area contributed by atoms with Crippen molar-refractivity contribution >= 4 is 23.4 Å². The molecular weight excluding hydrogens is 282 g/mol. The first-order valence-corrected chi connectivity index (χ1v) is 6.22. The lowest BCUT2D eigenvalue weighted by Crippen LogP contribution is -2.12. The van der Waals surface area contributed by atoms with Crippen molar-refractivity contribution in [2.24, 2.45) is 0 Å². The fourth-order valence-electron chi connectivity index (χ4n) is 1.69. The summed E-state index contributed by atoms with van der Waals surface area (Å²) in [5, 5.41) is 21.5. The van der Waals surface area contributed by atoms with Crippen molar-refractivity contribution in [1.82, 2.24) is 9.97 Å². The molecule has 0 atom stereocenters. The fourth-order valence-corrected chi connectivity index (χ4v) is 1.82. The van der Waals surface area contributed by atoms with Crippen LogP contribution in [0.15, 0.2) is 30.5 Å². The number of anilines is 1. The summed E-state index contributed by atoms with van der Waals surface area (Å²) in [4.78, 5) is 18.5. The molecule has 2 aromatic rings. The number of nitrogens with one attached hydrogen (secondary N) is 1. The number of benzene rings is 1. The van der Waals surface area contributed by atoms with Crippen LogP contribution in [0.1, 0.15) is 15.9 Å². The number of nitrogens with zero attached hydrogens (tertiary/aromatic N) is 2. The monoisotopic (exact) mass is 293 g/mol. The Morgan fingerprint density at radius 1 is 1.35 bits per heavy atom. The number of aromatic nitrogens is 2. The van der Waals surface area contributed by atoms with Crippen LogP contribution in [-0.4, -0.2) is 32.7 Å². The lowest BCUT2D eigenvalue weighted by Gasteiger charge is -2.09. The number of aromatic carboxylic acids is 1. The Kier molecular flexibility index (Phi) is 4.37. The second kappa shape index (κ2) is 6.21. The molecule has 0 bridgehead atoms. The zero-order valence-corrected chi connectivity index (χ0v) is 11.1. The molecule has 0 amide bonds. The van der Waals surface area contributed by atoms with Gasteiger partial charge in [0.25, 0.3) is 0 Å². The van der Waals surface area contributed by atoms with Crippen LogP contribution < -0.4 is 5.32 Å². The van der Waals surface area contributed by atoms with E-state index in [1.807, 2.05) is 6.07 Å². The first kappa shape index (κ1) is 14.1.